The predicted molar refractivity (Wildman–Crippen MR) is 91.6 cm³/mol. The Morgan fingerprint density at radius 1 is 1.42 bits per heavy atom. The number of rotatable bonds is 7. The summed E-state index contributed by atoms with van der Waals surface area (Å²) in [4.78, 5) is 35.5. The minimum atomic E-state index is -1.44. The molecule has 2 rings (SSSR count). The normalized spacial score (nSPS) is 31.4. The van der Waals surface area contributed by atoms with E-state index in [4.69, 9.17) is 14.6 Å². The van der Waals surface area contributed by atoms with E-state index in [1.54, 1.807) is 6.08 Å². The highest BCUT2D eigenvalue weighted by Gasteiger charge is 2.54. The van der Waals surface area contributed by atoms with Crippen molar-refractivity contribution in [2.24, 2.45) is 17.8 Å². The van der Waals surface area contributed by atoms with Crippen molar-refractivity contribution in [3.05, 3.63) is 49.1 Å². The highest BCUT2D eigenvalue weighted by molar-refractivity contribution is 5.92. The summed E-state index contributed by atoms with van der Waals surface area (Å²) < 4.78 is 10.8. The van der Waals surface area contributed by atoms with Crippen LogP contribution < -0.4 is 0 Å². The van der Waals surface area contributed by atoms with Gasteiger partial charge < -0.3 is 19.7 Å². The predicted octanol–water partition coefficient (Wildman–Crippen LogP) is 0.483. The number of allylic oxidation sites excluding steroid dienone is 1. The minimum Gasteiger partial charge on any atom is -0.458 e. The molecule has 0 aromatic carbocycles. The van der Waals surface area contributed by atoms with Gasteiger partial charge in [-0.3, -0.25) is 4.79 Å². The smallest absolute Gasteiger partial charge is 0.336 e. The molecule has 7 nitrogen and oxygen atoms in total. The Morgan fingerprint density at radius 3 is 2.62 bits per heavy atom. The summed E-state index contributed by atoms with van der Waals surface area (Å²) in [5, 5.41) is 18.5. The fourth-order valence-electron chi connectivity index (χ4n) is 3.53. The van der Waals surface area contributed by atoms with Crippen molar-refractivity contribution in [3.63, 3.8) is 0 Å². The zero-order valence-corrected chi connectivity index (χ0v) is 14.3. The molecule has 0 aromatic rings. The second-order valence-electron chi connectivity index (χ2n) is 6.44. The van der Waals surface area contributed by atoms with Crippen LogP contribution in [0, 0.1) is 17.8 Å². The molecule has 2 fully saturated rings. The van der Waals surface area contributed by atoms with Gasteiger partial charge in [0.25, 0.3) is 0 Å². The van der Waals surface area contributed by atoms with Crippen LogP contribution in [-0.4, -0.2) is 53.4 Å². The summed E-state index contributed by atoms with van der Waals surface area (Å²) >= 11 is 0. The van der Waals surface area contributed by atoms with Crippen LogP contribution in [0.3, 0.4) is 0 Å². The number of ether oxygens (including phenoxy) is 2. The monoisotopic (exact) mass is 362 g/mol. The molecule has 1 saturated carbocycles. The van der Waals surface area contributed by atoms with E-state index in [-0.39, 0.29) is 29.1 Å². The lowest BCUT2D eigenvalue weighted by Gasteiger charge is -2.41. The molecule has 26 heavy (non-hydrogen) atoms. The van der Waals surface area contributed by atoms with Crippen molar-refractivity contribution in [2.45, 2.75) is 24.7 Å². The third-order valence-corrected chi connectivity index (χ3v) is 4.96. The summed E-state index contributed by atoms with van der Waals surface area (Å²) in [7, 11) is 0. The Labute approximate surface area is 151 Å². The number of carbonyl (C=O) groups excluding carboxylic acids is 3. The first-order valence-corrected chi connectivity index (χ1v) is 8.11. The lowest BCUT2D eigenvalue weighted by atomic mass is 9.67. The molecule has 1 aliphatic carbocycles. The largest absolute Gasteiger partial charge is 0.458 e. The fourth-order valence-corrected chi connectivity index (χ4v) is 3.53. The van der Waals surface area contributed by atoms with Crippen molar-refractivity contribution in [2.75, 3.05) is 6.61 Å². The van der Waals surface area contributed by atoms with E-state index in [0.29, 0.717) is 6.29 Å². The summed E-state index contributed by atoms with van der Waals surface area (Å²) in [6, 6.07) is 0. The van der Waals surface area contributed by atoms with E-state index in [1.165, 1.54) is 0 Å². The Hall–Kier alpha value is -2.51. The van der Waals surface area contributed by atoms with Gasteiger partial charge in [0.2, 0.25) is 0 Å². The van der Waals surface area contributed by atoms with E-state index in [0.717, 1.165) is 0 Å². The first-order valence-electron chi connectivity index (χ1n) is 8.11. The maximum atomic E-state index is 12.2. The van der Waals surface area contributed by atoms with Gasteiger partial charge in [-0.25, -0.2) is 9.59 Å². The van der Waals surface area contributed by atoms with Gasteiger partial charge in [-0.2, -0.15) is 0 Å². The third kappa shape index (κ3) is 3.40. The highest BCUT2D eigenvalue weighted by atomic mass is 16.6. The number of aliphatic hydroxyl groups is 2. The van der Waals surface area contributed by atoms with Crippen LogP contribution in [0.4, 0.5) is 0 Å². The number of hydrogen-bond donors (Lipinski definition) is 2. The van der Waals surface area contributed by atoms with Crippen LogP contribution in [0.25, 0.3) is 0 Å². The molecule has 1 unspecified atom stereocenters. The van der Waals surface area contributed by atoms with Gasteiger partial charge in [-0.1, -0.05) is 25.8 Å². The minimum absolute atomic E-state index is 0.146. The van der Waals surface area contributed by atoms with Crippen LogP contribution in [0.2, 0.25) is 0 Å². The van der Waals surface area contributed by atoms with Crippen LogP contribution in [0.5, 0.6) is 0 Å². The van der Waals surface area contributed by atoms with Gasteiger partial charge in [0, 0.05) is 11.5 Å². The average Bonchev–Trinajstić information content (AvgIpc) is 2.93. The zero-order valence-electron chi connectivity index (χ0n) is 14.3. The van der Waals surface area contributed by atoms with Gasteiger partial charge in [-0.05, 0) is 17.9 Å². The van der Waals surface area contributed by atoms with E-state index in [1.807, 2.05) is 0 Å². The van der Waals surface area contributed by atoms with Gasteiger partial charge in [-0.15, -0.1) is 6.58 Å². The van der Waals surface area contributed by atoms with E-state index >= 15 is 0 Å². The molecule has 1 saturated heterocycles. The van der Waals surface area contributed by atoms with Crippen LogP contribution in [0.1, 0.15) is 6.42 Å². The maximum absolute atomic E-state index is 12.2. The molecule has 0 bridgehead atoms. The molecule has 0 spiro atoms. The first-order chi connectivity index (χ1) is 12.3. The SMILES string of the molecule is C=C[C@@H]1C[C@H](OC(=O)C(=C)C(O)CO)[C@H]2C(=C)C(=O)O[C@@H]2[C@H]1C(=C)C=O. The lowest BCUT2D eigenvalue weighted by molar-refractivity contribution is -0.156. The van der Waals surface area contributed by atoms with Gasteiger partial charge >= 0.3 is 11.9 Å². The van der Waals surface area contributed by atoms with Crippen molar-refractivity contribution >= 4 is 18.2 Å². The number of fused-ring (bicyclic) bond motifs is 1. The number of carbonyl (C=O) groups is 3. The molecule has 2 aliphatic rings. The Kier molecular flexibility index (Phi) is 5.94. The summed E-state index contributed by atoms with van der Waals surface area (Å²) in [5.74, 6) is -2.97. The first kappa shape index (κ1) is 19.8. The number of hydrogen-bond acceptors (Lipinski definition) is 7. The third-order valence-electron chi connectivity index (χ3n) is 4.96. The molecular formula is C19H22O7. The summed E-state index contributed by atoms with van der Waals surface area (Å²) in [6.07, 6.45) is -0.497. The van der Waals surface area contributed by atoms with Crippen molar-refractivity contribution in [3.8, 4) is 0 Å². The second-order valence-corrected chi connectivity index (χ2v) is 6.44. The van der Waals surface area contributed by atoms with Crippen LogP contribution in [0.15, 0.2) is 49.1 Å². The molecule has 6 atom stereocenters. The topological polar surface area (TPSA) is 110 Å². The molecule has 7 heteroatoms. The van der Waals surface area contributed by atoms with Crippen molar-refractivity contribution in [1.29, 1.82) is 0 Å². The zero-order chi connectivity index (χ0) is 19.6. The molecular weight excluding hydrogens is 340 g/mol. The Morgan fingerprint density at radius 2 is 2.08 bits per heavy atom. The molecule has 140 valence electrons. The Bertz CT molecular complexity index is 677. The standard InChI is InChI=1S/C19H22O7/c1-5-12-6-14(25-18(23)10(3)13(22)8-21)16-11(4)19(24)26-17(16)15(12)9(2)7-20/h5,7,12-17,21-22H,1-4,6,8H2/t12-,13?,14+,15+,16-,17-/m1/s1. The van der Waals surface area contributed by atoms with E-state index in [9.17, 15) is 19.5 Å². The molecule has 1 heterocycles. The molecule has 1 aliphatic heterocycles. The highest BCUT2D eigenvalue weighted by Crippen LogP contribution is 2.47. The second kappa shape index (κ2) is 7.80. The van der Waals surface area contributed by atoms with Crippen LogP contribution >= 0.6 is 0 Å². The van der Waals surface area contributed by atoms with Crippen molar-refractivity contribution < 1.29 is 34.1 Å². The molecule has 0 radical (unpaired) electrons. The number of aldehydes is 1. The van der Waals surface area contributed by atoms with Crippen LogP contribution in [-0.2, 0) is 23.9 Å². The quantitative estimate of drug-likeness (QED) is 0.293. The van der Waals surface area contributed by atoms with Gasteiger partial charge in [0.1, 0.15) is 24.6 Å². The Balaban J connectivity index is 2.32. The molecule has 0 aromatic heterocycles. The number of aliphatic hydroxyl groups excluding tert-OH is 2. The van der Waals surface area contributed by atoms with Gasteiger partial charge in [0.15, 0.2) is 0 Å². The summed E-state index contributed by atoms with van der Waals surface area (Å²) in [6.45, 7) is 13.9. The maximum Gasteiger partial charge on any atom is 0.336 e. The van der Waals surface area contributed by atoms with Crippen molar-refractivity contribution in [1.82, 2.24) is 0 Å². The molecule has 2 N–H and O–H groups in total. The fraction of sp³-hybridized carbons (Fsp3) is 0.421. The lowest BCUT2D eigenvalue weighted by Crippen LogP contribution is -2.47. The average molecular weight is 362 g/mol. The van der Waals surface area contributed by atoms with E-state index < -0.39 is 48.7 Å². The summed E-state index contributed by atoms with van der Waals surface area (Å²) in [5.41, 5.74) is 0.110. The number of esters is 2. The van der Waals surface area contributed by atoms with E-state index in [2.05, 4.69) is 26.3 Å². The van der Waals surface area contributed by atoms with Gasteiger partial charge in [0.05, 0.1) is 18.1 Å². The molecule has 0 amide bonds.